The largest absolute Gasteiger partial charge is 0.348 e. The number of aryl methyl sites for hydroxylation is 1. The lowest BCUT2D eigenvalue weighted by Crippen LogP contribution is -2.54. The fraction of sp³-hybridized carbons (Fsp3) is 0.611. The van der Waals surface area contributed by atoms with Gasteiger partial charge in [-0.25, -0.2) is 0 Å². The first-order chi connectivity index (χ1) is 10.2. The van der Waals surface area contributed by atoms with Gasteiger partial charge in [0.2, 0.25) is 5.91 Å². The topological polar surface area (TPSA) is 41.1 Å². The quantitative estimate of drug-likeness (QED) is 0.893. The van der Waals surface area contributed by atoms with Gasteiger partial charge in [0, 0.05) is 0 Å². The number of hydrogen-bond donors (Lipinski definition) is 2. The molecular formula is C18H26N2O. The maximum atomic E-state index is 12.9. The third kappa shape index (κ3) is 2.84. The number of fused-ring (bicyclic) bond motifs is 1. The summed E-state index contributed by atoms with van der Waals surface area (Å²) >= 11 is 0. The Bertz CT molecular complexity index is 506. The summed E-state index contributed by atoms with van der Waals surface area (Å²) in [5, 5.41) is 6.81. The maximum Gasteiger partial charge on any atom is 0.240 e. The average Bonchev–Trinajstić information content (AvgIpc) is 2.98. The van der Waals surface area contributed by atoms with Crippen LogP contribution in [0.25, 0.3) is 0 Å². The Morgan fingerprint density at radius 1 is 1.38 bits per heavy atom. The Morgan fingerprint density at radius 2 is 2.24 bits per heavy atom. The van der Waals surface area contributed by atoms with E-state index in [0.29, 0.717) is 0 Å². The molecule has 3 rings (SSSR count). The molecule has 114 valence electrons. The monoisotopic (exact) mass is 286 g/mol. The third-order valence-electron chi connectivity index (χ3n) is 5.03. The predicted octanol–water partition coefficient (Wildman–Crippen LogP) is 3.10. The van der Waals surface area contributed by atoms with E-state index in [1.54, 1.807) is 0 Å². The van der Waals surface area contributed by atoms with Crippen molar-refractivity contribution < 1.29 is 4.79 Å². The highest BCUT2D eigenvalue weighted by Crippen LogP contribution is 2.31. The van der Waals surface area contributed by atoms with Crippen molar-refractivity contribution in [3.8, 4) is 0 Å². The van der Waals surface area contributed by atoms with Crippen molar-refractivity contribution >= 4 is 5.91 Å². The molecule has 21 heavy (non-hydrogen) atoms. The van der Waals surface area contributed by atoms with Crippen molar-refractivity contribution in [2.75, 3.05) is 6.54 Å². The zero-order valence-corrected chi connectivity index (χ0v) is 13.0. The summed E-state index contributed by atoms with van der Waals surface area (Å²) in [5.41, 5.74) is 2.40. The first-order valence-corrected chi connectivity index (χ1v) is 8.39. The van der Waals surface area contributed by atoms with Gasteiger partial charge in [0.1, 0.15) is 0 Å². The standard InChI is InChI=1S/C18H26N2O/c1-2-11-18(12-6-13-19-18)17(21)20-16-10-5-8-14-7-3-4-9-15(14)16/h3-4,7,9,16,19H,2,5-6,8,10-13H2,1H3,(H,20,21). The molecule has 2 unspecified atom stereocenters. The van der Waals surface area contributed by atoms with Crippen LogP contribution in [0, 0.1) is 0 Å². The van der Waals surface area contributed by atoms with Gasteiger partial charge in [0.05, 0.1) is 11.6 Å². The minimum atomic E-state index is -0.318. The average molecular weight is 286 g/mol. The van der Waals surface area contributed by atoms with Crippen molar-refractivity contribution in [1.82, 2.24) is 10.6 Å². The summed E-state index contributed by atoms with van der Waals surface area (Å²) in [5.74, 6) is 0.212. The summed E-state index contributed by atoms with van der Waals surface area (Å²) in [7, 11) is 0. The number of benzene rings is 1. The smallest absolute Gasteiger partial charge is 0.240 e. The first-order valence-electron chi connectivity index (χ1n) is 8.39. The van der Waals surface area contributed by atoms with E-state index in [0.717, 1.165) is 51.5 Å². The highest BCUT2D eigenvalue weighted by Gasteiger charge is 2.40. The molecule has 1 aromatic rings. The Morgan fingerprint density at radius 3 is 3.00 bits per heavy atom. The molecule has 1 saturated heterocycles. The molecule has 1 fully saturated rings. The van der Waals surface area contributed by atoms with E-state index >= 15 is 0 Å². The fourth-order valence-corrected chi connectivity index (χ4v) is 3.95. The molecule has 0 saturated carbocycles. The van der Waals surface area contributed by atoms with Gasteiger partial charge < -0.3 is 10.6 Å². The van der Waals surface area contributed by atoms with Crippen LogP contribution in [0.4, 0.5) is 0 Å². The number of nitrogens with one attached hydrogen (secondary N) is 2. The van der Waals surface area contributed by atoms with E-state index in [2.05, 4.69) is 41.8 Å². The van der Waals surface area contributed by atoms with E-state index in [4.69, 9.17) is 0 Å². The molecule has 2 N–H and O–H groups in total. The van der Waals surface area contributed by atoms with Crippen LogP contribution in [0.5, 0.6) is 0 Å². The number of carbonyl (C=O) groups excluding carboxylic acids is 1. The highest BCUT2D eigenvalue weighted by atomic mass is 16.2. The molecule has 0 spiro atoms. The second kappa shape index (κ2) is 6.18. The minimum Gasteiger partial charge on any atom is -0.348 e. The van der Waals surface area contributed by atoms with Gasteiger partial charge in [0.15, 0.2) is 0 Å². The number of rotatable bonds is 4. The van der Waals surface area contributed by atoms with E-state index in [9.17, 15) is 4.79 Å². The molecule has 2 atom stereocenters. The SMILES string of the molecule is CCCC1(C(=O)NC2CCCc3ccccc32)CCCN1. The Balaban J connectivity index is 1.76. The van der Waals surface area contributed by atoms with E-state index in [-0.39, 0.29) is 17.5 Å². The second-order valence-electron chi connectivity index (χ2n) is 6.48. The summed E-state index contributed by atoms with van der Waals surface area (Å²) in [4.78, 5) is 12.9. The number of amides is 1. The van der Waals surface area contributed by atoms with Crippen LogP contribution in [-0.4, -0.2) is 18.0 Å². The van der Waals surface area contributed by atoms with Crippen molar-refractivity contribution in [3.63, 3.8) is 0 Å². The summed E-state index contributed by atoms with van der Waals surface area (Å²) in [6.45, 7) is 3.12. The molecule has 1 aliphatic heterocycles. The first kappa shape index (κ1) is 14.6. The molecule has 2 aliphatic rings. The third-order valence-corrected chi connectivity index (χ3v) is 5.03. The summed E-state index contributed by atoms with van der Waals surface area (Å²) in [6.07, 6.45) is 7.42. The molecule has 3 heteroatoms. The lowest BCUT2D eigenvalue weighted by molar-refractivity contribution is -0.128. The second-order valence-corrected chi connectivity index (χ2v) is 6.48. The van der Waals surface area contributed by atoms with Gasteiger partial charge in [0.25, 0.3) is 0 Å². The molecule has 1 aliphatic carbocycles. The zero-order chi connectivity index (χ0) is 14.7. The fourth-order valence-electron chi connectivity index (χ4n) is 3.95. The van der Waals surface area contributed by atoms with Gasteiger partial charge in [-0.2, -0.15) is 0 Å². The van der Waals surface area contributed by atoms with Crippen molar-refractivity contribution in [2.24, 2.45) is 0 Å². The summed E-state index contributed by atoms with van der Waals surface area (Å²) in [6, 6.07) is 8.75. The van der Waals surface area contributed by atoms with Gasteiger partial charge in [-0.3, -0.25) is 4.79 Å². The van der Waals surface area contributed by atoms with Crippen molar-refractivity contribution in [2.45, 2.75) is 63.5 Å². The van der Waals surface area contributed by atoms with Crippen LogP contribution >= 0.6 is 0 Å². The summed E-state index contributed by atoms with van der Waals surface area (Å²) < 4.78 is 0. The molecule has 0 bridgehead atoms. The Hall–Kier alpha value is -1.35. The molecule has 1 heterocycles. The maximum absolute atomic E-state index is 12.9. The molecule has 1 amide bonds. The lowest BCUT2D eigenvalue weighted by atomic mass is 9.86. The van der Waals surface area contributed by atoms with Crippen molar-refractivity contribution in [3.05, 3.63) is 35.4 Å². The lowest BCUT2D eigenvalue weighted by Gasteiger charge is -2.33. The van der Waals surface area contributed by atoms with Gasteiger partial charge in [-0.15, -0.1) is 0 Å². The van der Waals surface area contributed by atoms with Crippen LogP contribution in [0.3, 0.4) is 0 Å². The highest BCUT2D eigenvalue weighted by molar-refractivity contribution is 5.87. The Labute approximate surface area is 127 Å². The normalized spacial score (nSPS) is 28.1. The molecular weight excluding hydrogens is 260 g/mol. The van der Waals surface area contributed by atoms with Crippen LogP contribution in [0.1, 0.15) is 62.6 Å². The minimum absolute atomic E-state index is 0.193. The molecule has 0 radical (unpaired) electrons. The number of carbonyl (C=O) groups is 1. The van der Waals surface area contributed by atoms with Crippen LogP contribution in [-0.2, 0) is 11.2 Å². The van der Waals surface area contributed by atoms with Crippen molar-refractivity contribution in [1.29, 1.82) is 0 Å². The van der Waals surface area contributed by atoms with Crippen LogP contribution < -0.4 is 10.6 Å². The Kier molecular flexibility index (Phi) is 4.29. The zero-order valence-electron chi connectivity index (χ0n) is 13.0. The van der Waals surface area contributed by atoms with E-state index < -0.39 is 0 Å². The molecule has 3 nitrogen and oxygen atoms in total. The molecule has 0 aromatic heterocycles. The number of hydrogen-bond acceptors (Lipinski definition) is 2. The van der Waals surface area contributed by atoms with Crippen LogP contribution in [0.15, 0.2) is 24.3 Å². The van der Waals surface area contributed by atoms with Gasteiger partial charge >= 0.3 is 0 Å². The van der Waals surface area contributed by atoms with Gasteiger partial charge in [-0.05, 0) is 56.2 Å². The van der Waals surface area contributed by atoms with E-state index in [1.807, 2.05) is 0 Å². The van der Waals surface area contributed by atoms with Gasteiger partial charge in [-0.1, -0.05) is 37.6 Å². The molecule has 1 aromatic carbocycles. The van der Waals surface area contributed by atoms with Crippen LogP contribution in [0.2, 0.25) is 0 Å². The predicted molar refractivity (Wildman–Crippen MR) is 85.1 cm³/mol. The van der Waals surface area contributed by atoms with E-state index in [1.165, 1.54) is 11.1 Å².